The van der Waals surface area contributed by atoms with Gasteiger partial charge in [-0.1, -0.05) is 42.5 Å². The predicted octanol–water partition coefficient (Wildman–Crippen LogP) is 3.04. The maximum Gasteiger partial charge on any atom is 0.338 e. The summed E-state index contributed by atoms with van der Waals surface area (Å²) in [5, 5.41) is 0. The number of rotatable bonds is 5. The first kappa shape index (κ1) is 18.5. The van der Waals surface area contributed by atoms with Gasteiger partial charge in [-0.15, -0.1) is 0 Å². The summed E-state index contributed by atoms with van der Waals surface area (Å²) >= 11 is 0. The van der Waals surface area contributed by atoms with E-state index in [1.165, 1.54) is 17.0 Å². The zero-order valence-electron chi connectivity index (χ0n) is 16.1. The Kier molecular flexibility index (Phi) is 4.35. The molecule has 1 saturated heterocycles. The van der Waals surface area contributed by atoms with Crippen LogP contribution in [0.1, 0.15) is 27.1 Å². The van der Waals surface area contributed by atoms with Crippen molar-refractivity contribution in [3.63, 3.8) is 0 Å². The van der Waals surface area contributed by atoms with Crippen LogP contribution in [0.15, 0.2) is 66.7 Å². The van der Waals surface area contributed by atoms with Crippen molar-refractivity contribution in [1.29, 1.82) is 0 Å². The molecule has 0 unspecified atom stereocenters. The second-order valence-electron chi connectivity index (χ2n) is 7.92. The number of benzene rings is 2. The summed E-state index contributed by atoms with van der Waals surface area (Å²) in [4.78, 5) is 51.3. The minimum absolute atomic E-state index is 0.151. The predicted molar refractivity (Wildman–Crippen MR) is 108 cm³/mol. The van der Waals surface area contributed by atoms with Gasteiger partial charge in [0, 0.05) is 5.56 Å². The van der Waals surface area contributed by atoms with E-state index in [9.17, 15) is 19.2 Å². The Morgan fingerprint density at radius 1 is 0.833 bits per heavy atom. The first-order chi connectivity index (χ1) is 14.5. The van der Waals surface area contributed by atoms with Gasteiger partial charge in [0.25, 0.3) is 0 Å². The van der Waals surface area contributed by atoms with Gasteiger partial charge in [0.05, 0.1) is 23.1 Å². The normalized spacial score (nSPS) is 26.2. The molecule has 3 aliphatic rings. The van der Waals surface area contributed by atoms with Crippen molar-refractivity contribution in [2.75, 3.05) is 11.5 Å². The molecule has 0 radical (unpaired) electrons. The van der Waals surface area contributed by atoms with E-state index in [0.717, 1.165) is 6.42 Å². The molecule has 2 aromatic rings. The van der Waals surface area contributed by atoms with Crippen molar-refractivity contribution in [1.82, 2.24) is 0 Å². The number of carbonyl (C=O) groups excluding carboxylic acids is 4. The van der Waals surface area contributed by atoms with Gasteiger partial charge in [-0.2, -0.15) is 0 Å². The molecule has 150 valence electrons. The summed E-state index contributed by atoms with van der Waals surface area (Å²) in [5.74, 6) is -1.47. The number of hydrogen-bond donors (Lipinski definition) is 0. The highest BCUT2D eigenvalue weighted by atomic mass is 16.5. The highest BCUT2D eigenvalue weighted by Gasteiger charge is 2.59. The molecule has 4 atom stereocenters. The number of nitrogens with zero attached hydrogens (tertiary/aromatic N) is 1. The molecule has 2 fully saturated rings. The Morgan fingerprint density at radius 2 is 1.43 bits per heavy atom. The van der Waals surface area contributed by atoms with Crippen molar-refractivity contribution < 1.29 is 23.9 Å². The fourth-order valence-electron chi connectivity index (χ4n) is 4.83. The third kappa shape index (κ3) is 2.87. The Balaban J connectivity index is 1.26. The number of allylic oxidation sites excluding steroid dienone is 2. The second-order valence-corrected chi connectivity index (χ2v) is 7.92. The van der Waals surface area contributed by atoms with Crippen LogP contribution in [-0.4, -0.2) is 30.2 Å². The number of amides is 2. The molecular formula is C24H19NO5. The molecule has 6 nitrogen and oxygen atoms in total. The van der Waals surface area contributed by atoms with Crippen LogP contribution in [0, 0.1) is 23.7 Å². The summed E-state index contributed by atoms with van der Waals surface area (Å²) in [6.07, 6.45) is 4.99. The van der Waals surface area contributed by atoms with Crippen molar-refractivity contribution in [3.8, 4) is 0 Å². The van der Waals surface area contributed by atoms with Gasteiger partial charge in [-0.3, -0.25) is 19.3 Å². The number of ether oxygens (including phenoxy) is 1. The molecule has 6 heteroatoms. The number of Topliss-reactive ketones (excluding diaryl/α,β-unsaturated/α-hetero) is 1. The summed E-state index contributed by atoms with van der Waals surface area (Å²) < 4.78 is 5.10. The molecule has 1 heterocycles. The lowest BCUT2D eigenvalue weighted by molar-refractivity contribution is -0.123. The maximum atomic E-state index is 12.9. The van der Waals surface area contributed by atoms with Crippen LogP contribution in [0.5, 0.6) is 0 Å². The monoisotopic (exact) mass is 401 g/mol. The van der Waals surface area contributed by atoms with E-state index in [-0.39, 0.29) is 53.4 Å². The molecule has 0 N–H and O–H groups in total. The molecule has 1 saturated carbocycles. The number of hydrogen-bond acceptors (Lipinski definition) is 5. The van der Waals surface area contributed by atoms with E-state index in [1.54, 1.807) is 42.5 Å². The molecule has 30 heavy (non-hydrogen) atoms. The summed E-state index contributed by atoms with van der Waals surface area (Å²) in [6, 6.07) is 14.8. The molecule has 2 bridgehead atoms. The fourth-order valence-corrected chi connectivity index (χ4v) is 4.83. The second kappa shape index (κ2) is 7.06. The molecule has 5 rings (SSSR count). The van der Waals surface area contributed by atoms with Gasteiger partial charge >= 0.3 is 5.97 Å². The molecule has 2 amide bonds. The summed E-state index contributed by atoms with van der Waals surface area (Å²) in [7, 11) is 0. The molecule has 0 aromatic heterocycles. The number of anilines is 1. The van der Waals surface area contributed by atoms with Gasteiger partial charge in [0.15, 0.2) is 12.4 Å². The first-order valence-corrected chi connectivity index (χ1v) is 9.96. The maximum absolute atomic E-state index is 12.9. The van der Waals surface area contributed by atoms with Crippen LogP contribution >= 0.6 is 0 Å². The van der Waals surface area contributed by atoms with E-state index < -0.39 is 5.97 Å². The van der Waals surface area contributed by atoms with E-state index in [4.69, 9.17) is 4.74 Å². The van der Waals surface area contributed by atoms with Gasteiger partial charge in [-0.05, 0) is 42.5 Å². The highest BCUT2D eigenvalue weighted by molar-refractivity contribution is 6.22. The van der Waals surface area contributed by atoms with Crippen molar-refractivity contribution in [2.45, 2.75) is 6.42 Å². The third-order valence-electron chi connectivity index (χ3n) is 6.26. The van der Waals surface area contributed by atoms with E-state index >= 15 is 0 Å². The highest BCUT2D eigenvalue weighted by Crippen LogP contribution is 2.53. The standard InChI is InChI=1S/C24H19NO5/c26-19(14-4-2-1-3-5-14)13-30-24(29)15-8-10-18(11-9-15)25-22(27)20-16-6-7-17(12-16)21(20)23(25)28/h1-11,16-17,20-21H,12-13H2/t16-,17-,20-,21-/m0/s1. The lowest BCUT2D eigenvalue weighted by atomic mass is 9.85. The molecule has 1 aliphatic heterocycles. The van der Waals surface area contributed by atoms with Crippen molar-refractivity contribution in [3.05, 3.63) is 77.9 Å². The lowest BCUT2D eigenvalue weighted by Crippen LogP contribution is -2.32. The van der Waals surface area contributed by atoms with Gasteiger partial charge in [0.2, 0.25) is 11.8 Å². The quantitative estimate of drug-likeness (QED) is 0.333. The minimum atomic E-state index is -0.635. The Morgan fingerprint density at radius 3 is 2.03 bits per heavy atom. The van der Waals surface area contributed by atoms with Crippen molar-refractivity contribution in [2.24, 2.45) is 23.7 Å². The number of imide groups is 1. The van der Waals surface area contributed by atoms with E-state index in [0.29, 0.717) is 11.3 Å². The first-order valence-electron chi connectivity index (χ1n) is 9.96. The van der Waals surface area contributed by atoms with Crippen LogP contribution in [-0.2, 0) is 14.3 Å². The van der Waals surface area contributed by atoms with Crippen LogP contribution < -0.4 is 4.90 Å². The zero-order valence-corrected chi connectivity index (χ0v) is 16.1. The summed E-state index contributed by atoms with van der Waals surface area (Å²) in [6.45, 7) is -0.354. The van der Waals surface area contributed by atoms with Gasteiger partial charge in [-0.25, -0.2) is 4.79 Å². The van der Waals surface area contributed by atoms with Crippen LogP contribution in [0.3, 0.4) is 0 Å². The molecule has 0 spiro atoms. The number of fused-ring (bicyclic) bond motifs is 5. The average molecular weight is 401 g/mol. The largest absolute Gasteiger partial charge is 0.454 e. The number of ketones is 1. The Bertz CT molecular complexity index is 1040. The third-order valence-corrected chi connectivity index (χ3v) is 6.26. The van der Waals surface area contributed by atoms with Crippen LogP contribution in [0.4, 0.5) is 5.69 Å². The Labute approximate surface area is 173 Å². The van der Waals surface area contributed by atoms with Crippen LogP contribution in [0.25, 0.3) is 0 Å². The lowest BCUT2D eigenvalue weighted by Gasteiger charge is -2.17. The number of carbonyl (C=O) groups is 4. The fraction of sp³-hybridized carbons (Fsp3) is 0.250. The van der Waals surface area contributed by atoms with E-state index in [2.05, 4.69) is 12.2 Å². The molecule has 2 aliphatic carbocycles. The smallest absolute Gasteiger partial charge is 0.338 e. The average Bonchev–Trinajstić information content (AvgIpc) is 3.46. The topological polar surface area (TPSA) is 80.8 Å². The van der Waals surface area contributed by atoms with Crippen LogP contribution in [0.2, 0.25) is 0 Å². The zero-order chi connectivity index (χ0) is 20.8. The minimum Gasteiger partial charge on any atom is -0.454 e. The van der Waals surface area contributed by atoms with Crippen molar-refractivity contribution >= 4 is 29.3 Å². The molecular weight excluding hydrogens is 382 g/mol. The van der Waals surface area contributed by atoms with Gasteiger partial charge < -0.3 is 4.74 Å². The summed E-state index contributed by atoms with van der Waals surface area (Å²) in [5.41, 5.74) is 1.18. The Hall–Kier alpha value is -3.54. The van der Waals surface area contributed by atoms with Gasteiger partial charge in [0.1, 0.15) is 0 Å². The molecule has 2 aromatic carbocycles. The number of esters is 1. The SMILES string of the molecule is O=C(COC(=O)c1ccc(N2C(=O)[C@@H]3[C@@H](C2=O)[C@H]2C=C[C@H]3C2)cc1)c1ccccc1. The van der Waals surface area contributed by atoms with E-state index in [1.807, 2.05) is 0 Å².